The fourth-order valence-corrected chi connectivity index (χ4v) is 1.80. The second-order valence-electron chi connectivity index (χ2n) is 4.20. The zero-order valence-corrected chi connectivity index (χ0v) is 9.97. The van der Waals surface area contributed by atoms with Gasteiger partial charge in [0.1, 0.15) is 0 Å². The SMILES string of the molecule is CCCCCC(=O)c1ccc(C)cc1C. The Labute approximate surface area is 92.5 Å². The lowest BCUT2D eigenvalue weighted by Crippen LogP contribution is -2.01. The van der Waals surface area contributed by atoms with Crippen molar-refractivity contribution in [2.24, 2.45) is 0 Å². The lowest BCUT2D eigenvalue weighted by molar-refractivity contribution is 0.0978. The molecule has 0 aliphatic carbocycles. The summed E-state index contributed by atoms with van der Waals surface area (Å²) in [5.74, 6) is 0.293. The van der Waals surface area contributed by atoms with Crippen molar-refractivity contribution in [3.05, 3.63) is 34.9 Å². The highest BCUT2D eigenvalue weighted by Gasteiger charge is 2.07. The molecule has 0 atom stereocenters. The largest absolute Gasteiger partial charge is 0.294 e. The van der Waals surface area contributed by atoms with E-state index in [1.807, 2.05) is 19.1 Å². The van der Waals surface area contributed by atoms with Crippen molar-refractivity contribution in [2.75, 3.05) is 0 Å². The van der Waals surface area contributed by atoms with Crippen molar-refractivity contribution in [2.45, 2.75) is 46.5 Å². The van der Waals surface area contributed by atoms with Crippen LogP contribution < -0.4 is 0 Å². The van der Waals surface area contributed by atoms with Crippen LogP contribution in [0.1, 0.15) is 54.1 Å². The number of carbonyl (C=O) groups is 1. The van der Waals surface area contributed by atoms with Gasteiger partial charge < -0.3 is 0 Å². The topological polar surface area (TPSA) is 17.1 Å². The van der Waals surface area contributed by atoms with Gasteiger partial charge in [0.25, 0.3) is 0 Å². The van der Waals surface area contributed by atoms with Gasteiger partial charge in [-0.15, -0.1) is 0 Å². The van der Waals surface area contributed by atoms with Crippen LogP contribution in [0.5, 0.6) is 0 Å². The molecule has 0 aliphatic heterocycles. The third-order valence-corrected chi connectivity index (χ3v) is 2.69. The van der Waals surface area contributed by atoms with Crippen molar-refractivity contribution >= 4 is 5.78 Å². The number of rotatable bonds is 5. The fraction of sp³-hybridized carbons (Fsp3) is 0.500. The quantitative estimate of drug-likeness (QED) is 0.522. The second kappa shape index (κ2) is 5.69. The van der Waals surface area contributed by atoms with Crippen LogP contribution in [0.2, 0.25) is 0 Å². The molecule has 0 bridgehead atoms. The minimum atomic E-state index is 0.293. The highest BCUT2D eigenvalue weighted by Crippen LogP contribution is 2.14. The Kier molecular flexibility index (Phi) is 4.54. The third kappa shape index (κ3) is 3.50. The maximum Gasteiger partial charge on any atom is 0.163 e. The first-order valence-electron chi connectivity index (χ1n) is 5.75. The molecule has 0 aliphatic rings. The molecule has 1 heteroatoms. The number of carbonyl (C=O) groups excluding carboxylic acids is 1. The van der Waals surface area contributed by atoms with Gasteiger partial charge in [-0.25, -0.2) is 0 Å². The Morgan fingerprint density at radius 2 is 1.93 bits per heavy atom. The van der Waals surface area contributed by atoms with E-state index < -0.39 is 0 Å². The van der Waals surface area contributed by atoms with Gasteiger partial charge in [-0.3, -0.25) is 4.79 Å². The molecule has 1 nitrogen and oxygen atoms in total. The van der Waals surface area contributed by atoms with Crippen LogP contribution in [0.25, 0.3) is 0 Å². The number of Topliss-reactive ketones (excluding diaryl/α,β-unsaturated/α-hetero) is 1. The van der Waals surface area contributed by atoms with Crippen LogP contribution in [-0.4, -0.2) is 5.78 Å². The van der Waals surface area contributed by atoms with Gasteiger partial charge >= 0.3 is 0 Å². The molecule has 82 valence electrons. The van der Waals surface area contributed by atoms with Crippen LogP contribution in [0.3, 0.4) is 0 Å². The Bertz CT molecular complexity index is 339. The van der Waals surface area contributed by atoms with Crippen molar-refractivity contribution in [1.82, 2.24) is 0 Å². The molecular weight excluding hydrogens is 184 g/mol. The van der Waals surface area contributed by atoms with Crippen molar-refractivity contribution in [3.63, 3.8) is 0 Å². The maximum atomic E-state index is 11.9. The lowest BCUT2D eigenvalue weighted by atomic mass is 9.99. The normalized spacial score (nSPS) is 10.3. The zero-order valence-electron chi connectivity index (χ0n) is 9.97. The first kappa shape index (κ1) is 12.0. The molecule has 0 radical (unpaired) electrons. The third-order valence-electron chi connectivity index (χ3n) is 2.69. The van der Waals surface area contributed by atoms with Crippen molar-refractivity contribution in [3.8, 4) is 0 Å². The Morgan fingerprint density at radius 1 is 1.20 bits per heavy atom. The monoisotopic (exact) mass is 204 g/mol. The Hall–Kier alpha value is -1.11. The number of ketones is 1. The summed E-state index contributed by atoms with van der Waals surface area (Å²) in [6.45, 7) is 6.22. The first-order valence-corrected chi connectivity index (χ1v) is 5.75. The van der Waals surface area contributed by atoms with Crippen LogP contribution in [0.15, 0.2) is 18.2 Å². The molecule has 0 amide bonds. The summed E-state index contributed by atoms with van der Waals surface area (Å²) in [6, 6.07) is 6.05. The summed E-state index contributed by atoms with van der Waals surface area (Å²) in [4.78, 5) is 11.9. The van der Waals surface area contributed by atoms with Gasteiger partial charge in [0.15, 0.2) is 5.78 Å². The van der Waals surface area contributed by atoms with Crippen molar-refractivity contribution < 1.29 is 4.79 Å². The zero-order chi connectivity index (χ0) is 11.3. The summed E-state index contributed by atoms with van der Waals surface area (Å²) in [5, 5.41) is 0. The minimum Gasteiger partial charge on any atom is -0.294 e. The van der Waals surface area contributed by atoms with Crippen molar-refractivity contribution in [1.29, 1.82) is 0 Å². The van der Waals surface area contributed by atoms with Gasteiger partial charge in [0.2, 0.25) is 0 Å². The molecule has 0 fully saturated rings. The molecule has 0 aromatic heterocycles. The number of hydrogen-bond acceptors (Lipinski definition) is 1. The maximum absolute atomic E-state index is 11.9. The number of hydrogen-bond donors (Lipinski definition) is 0. The van der Waals surface area contributed by atoms with Crippen LogP contribution in [0, 0.1) is 13.8 Å². The molecule has 0 saturated carbocycles. The molecule has 1 aromatic rings. The van der Waals surface area contributed by atoms with Gasteiger partial charge in [-0.2, -0.15) is 0 Å². The van der Waals surface area contributed by atoms with E-state index >= 15 is 0 Å². The standard InChI is InChI=1S/C14H20O/c1-4-5-6-7-14(15)13-9-8-11(2)10-12(13)3/h8-10H,4-7H2,1-3H3. The molecule has 15 heavy (non-hydrogen) atoms. The minimum absolute atomic E-state index is 0.293. The average molecular weight is 204 g/mol. The Morgan fingerprint density at radius 3 is 2.53 bits per heavy atom. The van der Waals surface area contributed by atoms with E-state index in [1.165, 1.54) is 12.0 Å². The van der Waals surface area contributed by atoms with E-state index in [-0.39, 0.29) is 0 Å². The van der Waals surface area contributed by atoms with Crippen LogP contribution >= 0.6 is 0 Å². The van der Waals surface area contributed by atoms with E-state index in [2.05, 4.69) is 19.9 Å². The van der Waals surface area contributed by atoms with E-state index in [1.54, 1.807) is 0 Å². The summed E-state index contributed by atoms with van der Waals surface area (Å²) >= 11 is 0. The average Bonchev–Trinajstić information content (AvgIpc) is 2.17. The molecular formula is C14H20O. The van der Waals surface area contributed by atoms with E-state index in [4.69, 9.17) is 0 Å². The van der Waals surface area contributed by atoms with Gasteiger partial charge in [0.05, 0.1) is 0 Å². The summed E-state index contributed by atoms with van der Waals surface area (Å²) in [7, 11) is 0. The molecule has 0 unspecified atom stereocenters. The van der Waals surface area contributed by atoms with E-state index in [0.29, 0.717) is 12.2 Å². The molecule has 1 rings (SSSR count). The molecule has 0 N–H and O–H groups in total. The Balaban J connectivity index is 2.65. The fourth-order valence-electron chi connectivity index (χ4n) is 1.80. The summed E-state index contributed by atoms with van der Waals surface area (Å²) in [6.07, 6.45) is 4.02. The number of unbranched alkanes of at least 4 members (excludes halogenated alkanes) is 2. The van der Waals surface area contributed by atoms with Crippen LogP contribution in [0.4, 0.5) is 0 Å². The highest BCUT2D eigenvalue weighted by atomic mass is 16.1. The first-order chi connectivity index (χ1) is 7.15. The smallest absolute Gasteiger partial charge is 0.163 e. The van der Waals surface area contributed by atoms with Crippen LogP contribution in [-0.2, 0) is 0 Å². The molecule has 0 spiro atoms. The summed E-state index contributed by atoms with van der Waals surface area (Å²) in [5.41, 5.74) is 3.23. The van der Waals surface area contributed by atoms with Gasteiger partial charge in [-0.1, -0.05) is 43.5 Å². The molecule has 1 aromatic carbocycles. The number of aryl methyl sites for hydroxylation is 2. The lowest BCUT2D eigenvalue weighted by Gasteiger charge is -2.05. The predicted molar refractivity (Wildman–Crippen MR) is 64.4 cm³/mol. The van der Waals surface area contributed by atoms with Gasteiger partial charge in [-0.05, 0) is 25.8 Å². The second-order valence-corrected chi connectivity index (χ2v) is 4.20. The van der Waals surface area contributed by atoms with E-state index in [0.717, 1.165) is 24.0 Å². The molecule has 0 saturated heterocycles. The van der Waals surface area contributed by atoms with E-state index in [9.17, 15) is 4.79 Å². The number of benzene rings is 1. The van der Waals surface area contributed by atoms with Gasteiger partial charge in [0, 0.05) is 12.0 Å². The highest BCUT2D eigenvalue weighted by molar-refractivity contribution is 5.97. The predicted octanol–water partition coefficient (Wildman–Crippen LogP) is 4.07. The molecule has 0 heterocycles. The summed E-state index contributed by atoms with van der Waals surface area (Å²) < 4.78 is 0.